The molecule has 0 aromatic heterocycles. The van der Waals surface area contributed by atoms with Gasteiger partial charge in [0.05, 0.1) is 6.61 Å². The number of carbonyl (C=O) groups excluding carboxylic acids is 2. The van der Waals surface area contributed by atoms with E-state index in [-0.39, 0.29) is 18.3 Å². The molecule has 23 heavy (non-hydrogen) atoms. The summed E-state index contributed by atoms with van der Waals surface area (Å²) in [5.74, 6) is -0.640. The first-order valence-corrected chi connectivity index (χ1v) is 8.30. The van der Waals surface area contributed by atoms with Crippen LogP contribution in [0.4, 0.5) is 0 Å². The van der Waals surface area contributed by atoms with Crippen LogP contribution in [0.5, 0.6) is 0 Å². The molecule has 0 saturated carbocycles. The van der Waals surface area contributed by atoms with Crippen LogP contribution in [-0.2, 0) is 20.7 Å². The molecule has 0 aliphatic carbocycles. The molecule has 1 saturated heterocycles. The van der Waals surface area contributed by atoms with E-state index in [1.807, 2.05) is 23.1 Å². The number of carbonyl (C=O) groups is 2. The second-order valence-electron chi connectivity index (χ2n) is 6.17. The lowest BCUT2D eigenvalue weighted by Crippen LogP contribution is -2.59. The van der Waals surface area contributed by atoms with Crippen molar-refractivity contribution in [2.75, 3.05) is 19.7 Å². The van der Waals surface area contributed by atoms with E-state index in [9.17, 15) is 9.59 Å². The van der Waals surface area contributed by atoms with Crippen LogP contribution < -0.4 is 0 Å². The van der Waals surface area contributed by atoms with Crippen LogP contribution in [0.2, 0.25) is 0 Å². The van der Waals surface area contributed by atoms with Crippen molar-refractivity contribution in [3.63, 3.8) is 0 Å². The fourth-order valence-corrected chi connectivity index (χ4v) is 4.16. The molecule has 1 aromatic carbocycles. The Morgan fingerprint density at radius 2 is 2.13 bits per heavy atom. The maximum absolute atomic E-state index is 12.9. The third-order valence-electron chi connectivity index (χ3n) is 5.11. The van der Waals surface area contributed by atoms with Gasteiger partial charge in [-0.2, -0.15) is 0 Å². The summed E-state index contributed by atoms with van der Waals surface area (Å²) in [7, 11) is 0. The Balaban J connectivity index is 2.20. The average Bonchev–Trinajstić information content (AvgIpc) is 2.81. The molecule has 1 aromatic rings. The van der Waals surface area contributed by atoms with Crippen molar-refractivity contribution in [3.8, 4) is 0 Å². The number of fused-ring (bicyclic) bond motifs is 2. The zero-order valence-corrected chi connectivity index (χ0v) is 13.6. The lowest BCUT2D eigenvalue weighted by atomic mass is 9.74. The van der Waals surface area contributed by atoms with Gasteiger partial charge in [-0.15, -0.1) is 6.58 Å². The Bertz CT molecular complexity index is 639. The number of allylic oxidation sites excluding steroid dienone is 1. The van der Waals surface area contributed by atoms with E-state index in [4.69, 9.17) is 4.74 Å². The van der Waals surface area contributed by atoms with Gasteiger partial charge in [0.15, 0.2) is 11.3 Å². The number of hydrogen-bond acceptors (Lipinski definition) is 4. The van der Waals surface area contributed by atoms with Gasteiger partial charge in [-0.3, -0.25) is 9.69 Å². The largest absolute Gasteiger partial charge is 0.464 e. The molecule has 0 bridgehead atoms. The van der Waals surface area contributed by atoms with E-state index in [1.54, 1.807) is 13.0 Å². The second-order valence-corrected chi connectivity index (χ2v) is 6.17. The molecule has 2 heterocycles. The minimum atomic E-state index is -1.18. The fourth-order valence-electron chi connectivity index (χ4n) is 4.16. The number of ketones is 1. The van der Waals surface area contributed by atoms with Crippen LogP contribution >= 0.6 is 0 Å². The van der Waals surface area contributed by atoms with Crippen molar-refractivity contribution in [2.24, 2.45) is 0 Å². The predicted octanol–water partition coefficient (Wildman–Crippen LogP) is 2.48. The van der Waals surface area contributed by atoms with E-state index in [0.29, 0.717) is 25.9 Å². The van der Waals surface area contributed by atoms with Crippen molar-refractivity contribution < 1.29 is 14.3 Å². The molecule has 2 aliphatic rings. The standard InChI is InChI=1S/C19H23NO3/c1-3-7-16-15-9-6-5-8-14(15)10-12-20-13-11-17(21)19(16,20)18(22)23-4-2/h3,5-6,8-9,16H,1,4,7,10-13H2,2H3. The van der Waals surface area contributed by atoms with Crippen LogP contribution in [0, 0.1) is 0 Å². The van der Waals surface area contributed by atoms with Gasteiger partial charge in [-0.1, -0.05) is 30.3 Å². The van der Waals surface area contributed by atoms with Crippen molar-refractivity contribution in [2.45, 2.75) is 37.6 Å². The highest BCUT2D eigenvalue weighted by molar-refractivity contribution is 6.11. The number of Topliss-reactive ketones (excluding diaryl/α,β-unsaturated/α-hetero) is 1. The van der Waals surface area contributed by atoms with Gasteiger partial charge in [0, 0.05) is 25.4 Å². The summed E-state index contributed by atoms with van der Waals surface area (Å²) in [6.45, 7) is 7.25. The normalized spacial score (nSPS) is 27.0. The molecule has 1 fully saturated rings. The highest BCUT2D eigenvalue weighted by Gasteiger charge is 2.61. The summed E-state index contributed by atoms with van der Waals surface area (Å²) < 4.78 is 5.37. The Labute approximate surface area is 137 Å². The van der Waals surface area contributed by atoms with Crippen LogP contribution in [-0.4, -0.2) is 41.9 Å². The Kier molecular flexibility index (Phi) is 4.35. The number of ether oxygens (including phenoxy) is 1. The molecule has 4 heteroatoms. The molecule has 2 unspecified atom stereocenters. The van der Waals surface area contributed by atoms with Crippen LogP contribution in [0.3, 0.4) is 0 Å². The van der Waals surface area contributed by atoms with E-state index in [2.05, 4.69) is 12.6 Å². The smallest absolute Gasteiger partial charge is 0.335 e. The van der Waals surface area contributed by atoms with Gasteiger partial charge in [0.25, 0.3) is 0 Å². The van der Waals surface area contributed by atoms with Crippen molar-refractivity contribution in [1.82, 2.24) is 4.90 Å². The third-order valence-corrected chi connectivity index (χ3v) is 5.11. The van der Waals surface area contributed by atoms with Gasteiger partial charge < -0.3 is 4.74 Å². The predicted molar refractivity (Wildman–Crippen MR) is 88.3 cm³/mol. The van der Waals surface area contributed by atoms with E-state index in [1.165, 1.54) is 5.56 Å². The van der Waals surface area contributed by atoms with Gasteiger partial charge >= 0.3 is 5.97 Å². The summed E-state index contributed by atoms with van der Waals surface area (Å²) in [4.78, 5) is 27.9. The van der Waals surface area contributed by atoms with Gasteiger partial charge in [0.2, 0.25) is 0 Å². The molecule has 4 nitrogen and oxygen atoms in total. The van der Waals surface area contributed by atoms with Gasteiger partial charge in [0.1, 0.15) is 0 Å². The molecule has 0 N–H and O–H groups in total. The second kappa shape index (κ2) is 6.28. The van der Waals surface area contributed by atoms with Crippen molar-refractivity contribution in [3.05, 3.63) is 48.0 Å². The summed E-state index contributed by atoms with van der Waals surface area (Å²) in [6.07, 6.45) is 3.64. The van der Waals surface area contributed by atoms with Gasteiger partial charge in [-0.05, 0) is 30.9 Å². The molecule has 2 aliphatic heterocycles. The number of benzene rings is 1. The summed E-state index contributed by atoms with van der Waals surface area (Å²) in [6, 6.07) is 8.12. The number of esters is 1. The zero-order chi connectivity index (χ0) is 16.4. The Hall–Kier alpha value is -1.94. The number of hydrogen-bond donors (Lipinski definition) is 0. The quantitative estimate of drug-likeness (QED) is 0.487. The van der Waals surface area contributed by atoms with E-state index in [0.717, 1.165) is 12.0 Å². The number of nitrogens with zero attached hydrogens (tertiary/aromatic N) is 1. The van der Waals surface area contributed by atoms with Crippen molar-refractivity contribution in [1.29, 1.82) is 0 Å². The molecule has 122 valence electrons. The molecule has 0 spiro atoms. The molecule has 0 radical (unpaired) electrons. The Morgan fingerprint density at radius 1 is 1.39 bits per heavy atom. The lowest BCUT2D eigenvalue weighted by molar-refractivity contribution is -0.161. The summed E-state index contributed by atoms with van der Waals surface area (Å²) >= 11 is 0. The molecule has 3 rings (SSSR count). The monoisotopic (exact) mass is 313 g/mol. The Morgan fingerprint density at radius 3 is 2.87 bits per heavy atom. The molecule has 0 amide bonds. The molecule has 2 atom stereocenters. The molecular weight excluding hydrogens is 290 g/mol. The minimum Gasteiger partial charge on any atom is -0.464 e. The zero-order valence-electron chi connectivity index (χ0n) is 13.6. The first-order valence-electron chi connectivity index (χ1n) is 8.30. The van der Waals surface area contributed by atoms with E-state index < -0.39 is 11.5 Å². The van der Waals surface area contributed by atoms with Crippen molar-refractivity contribution >= 4 is 11.8 Å². The highest BCUT2D eigenvalue weighted by Crippen LogP contribution is 2.45. The van der Waals surface area contributed by atoms with Crippen LogP contribution in [0.15, 0.2) is 36.9 Å². The lowest BCUT2D eigenvalue weighted by Gasteiger charge is -2.39. The first-order chi connectivity index (χ1) is 11.2. The average molecular weight is 313 g/mol. The first kappa shape index (κ1) is 15.9. The van der Waals surface area contributed by atoms with Crippen LogP contribution in [0.1, 0.15) is 36.8 Å². The molecular formula is C19H23NO3. The fraction of sp³-hybridized carbons (Fsp3) is 0.474. The maximum atomic E-state index is 12.9. The SMILES string of the molecule is C=CCC1c2ccccc2CCN2CCC(=O)C12C(=O)OCC. The topological polar surface area (TPSA) is 46.6 Å². The van der Waals surface area contributed by atoms with Crippen LogP contribution in [0.25, 0.3) is 0 Å². The maximum Gasteiger partial charge on any atom is 0.335 e. The van der Waals surface area contributed by atoms with Gasteiger partial charge in [-0.25, -0.2) is 4.79 Å². The third kappa shape index (κ3) is 2.32. The minimum absolute atomic E-state index is 0.0143. The van der Waals surface area contributed by atoms with E-state index >= 15 is 0 Å². The number of rotatable bonds is 4. The summed E-state index contributed by atoms with van der Waals surface area (Å²) in [5, 5.41) is 0. The summed E-state index contributed by atoms with van der Waals surface area (Å²) in [5.41, 5.74) is 1.11. The highest BCUT2D eigenvalue weighted by atomic mass is 16.5.